The summed E-state index contributed by atoms with van der Waals surface area (Å²) in [6.45, 7) is 1.47. The largest absolute Gasteiger partial charge is 0.451 e. The first kappa shape index (κ1) is 18.5. The summed E-state index contributed by atoms with van der Waals surface area (Å²) in [6, 6.07) is 12.7. The van der Waals surface area contributed by atoms with Crippen molar-refractivity contribution in [2.45, 2.75) is 13.0 Å². The Morgan fingerprint density at radius 2 is 1.80 bits per heavy atom. The number of benzene rings is 2. The standard InChI is InChI=1S/C18H14BrNO5/c1-12(18(22)14-6-9-15(19)10-7-14)25-17(21)11-8-13-4-2-3-5-16(13)20(23)24/h2-12H,1H3/b11-8+/t12-/m0/s1. The molecule has 0 aromatic heterocycles. The second-order valence-corrected chi connectivity index (χ2v) is 6.02. The molecule has 25 heavy (non-hydrogen) atoms. The van der Waals surface area contributed by atoms with Crippen LogP contribution in [-0.4, -0.2) is 22.8 Å². The molecule has 2 rings (SSSR count). The fourth-order valence-electron chi connectivity index (χ4n) is 2.07. The molecular formula is C18H14BrNO5. The zero-order chi connectivity index (χ0) is 18.4. The van der Waals surface area contributed by atoms with Crippen molar-refractivity contribution in [1.82, 2.24) is 0 Å². The van der Waals surface area contributed by atoms with Crippen molar-refractivity contribution in [3.63, 3.8) is 0 Å². The van der Waals surface area contributed by atoms with Crippen LogP contribution in [0.4, 0.5) is 5.69 Å². The molecule has 0 heterocycles. The maximum absolute atomic E-state index is 12.2. The topological polar surface area (TPSA) is 86.5 Å². The molecule has 0 fully saturated rings. The lowest BCUT2D eigenvalue weighted by Crippen LogP contribution is -2.23. The second kappa shape index (κ2) is 8.34. The monoisotopic (exact) mass is 403 g/mol. The third-order valence-corrected chi connectivity index (χ3v) is 3.85. The number of carbonyl (C=O) groups is 2. The van der Waals surface area contributed by atoms with E-state index < -0.39 is 17.0 Å². The number of para-hydroxylation sites is 1. The van der Waals surface area contributed by atoms with Crippen LogP contribution in [0.15, 0.2) is 59.1 Å². The second-order valence-electron chi connectivity index (χ2n) is 5.10. The first-order chi connectivity index (χ1) is 11.9. The van der Waals surface area contributed by atoms with E-state index >= 15 is 0 Å². The van der Waals surface area contributed by atoms with Gasteiger partial charge in [-0.25, -0.2) is 4.79 Å². The minimum Gasteiger partial charge on any atom is -0.451 e. The molecule has 0 saturated heterocycles. The van der Waals surface area contributed by atoms with Gasteiger partial charge < -0.3 is 4.74 Å². The van der Waals surface area contributed by atoms with Crippen LogP contribution in [0.2, 0.25) is 0 Å². The highest BCUT2D eigenvalue weighted by Crippen LogP contribution is 2.19. The van der Waals surface area contributed by atoms with Gasteiger partial charge in [0, 0.05) is 22.2 Å². The number of Topliss-reactive ketones (excluding diaryl/α,β-unsaturated/α-hetero) is 1. The fourth-order valence-corrected chi connectivity index (χ4v) is 2.33. The molecule has 0 unspecified atom stereocenters. The van der Waals surface area contributed by atoms with Gasteiger partial charge in [0.25, 0.3) is 5.69 Å². The van der Waals surface area contributed by atoms with Crippen LogP contribution in [0.5, 0.6) is 0 Å². The van der Waals surface area contributed by atoms with Gasteiger partial charge in [0.15, 0.2) is 6.10 Å². The van der Waals surface area contributed by atoms with E-state index in [4.69, 9.17) is 4.74 Å². The number of hydrogen-bond donors (Lipinski definition) is 0. The van der Waals surface area contributed by atoms with Gasteiger partial charge >= 0.3 is 5.97 Å². The van der Waals surface area contributed by atoms with Crippen molar-refractivity contribution in [2.75, 3.05) is 0 Å². The van der Waals surface area contributed by atoms with Gasteiger partial charge in [0.2, 0.25) is 5.78 Å². The third kappa shape index (κ3) is 5.09. The van der Waals surface area contributed by atoms with Crippen molar-refractivity contribution >= 4 is 39.4 Å². The minimum atomic E-state index is -0.968. The molecule has 7 heteroatoms. The molecule has 1 atom stereocenters. The molecule has 0 aliphatic carbocycles. The Hall–Kier alpha value is -2.80. The van der Waals surface area contributed by atoms with Crippen molar-refractivity contribution in [3.8, 4) is 0 Å². The van der Waals surface area contributed by atoms with Gasteiger partial charge in [-0.1, -0.05) is 40.2 Å². The lowest BCUT2D eigenvalue weighted by atomic mass is 10.1. The SMILES string of the molecule is C[C@H](OC(=O)/C=C/c1ccccc1[N+](=O)[O-])C(=O)c1ccc(Br)cc1. The molecule has 0 spiro atoms. The number of nitrogens with zero attached hydrogens (tertiary/aromatic N) is 1. The van der Waals surface area contributed by atoms with Crippen molar-refractivity contribution in [3.05, 3.63) is 80.3 Å². The number of rotatable bonds is 6. The molecular weight excluding hydrogens is 390 g/mol. The number of hydrogen-bond acceptors (Lipinski definition) is 5. The van der Waals surface area contributed by atoms with Crippen LogP contribution in [0.25, 0.3) is 6.08 Å². The van der Waals surface area contributed by atoms with Crippen LogP contribution < -0.4 is 0 Å². The fraction of sp³-hybridized carbons (Fsp3) is 0.111. The van der Waals surface area contributed by atoms with E-state index in [0.29, 0.717) is 5.56 Å². The Morgan fingerprint density at radius 1 is 1.16 bits per heavy atom. The lowest BCUT2D eigenvalue weighted by molar-refractivity contribution is -0.385. The van der Waals surface area contributed by atoms with E-state index in [2.05, 4.69) is 15.9 Å². The van der Waals surface area contributed by atoms with Gasteiger partial charge in [-0.2, -0.15) is 0 Å². The molecule has 2 aromatic carbocycles. The van der Waals surface area contributed by atoms with Crippen LogP contribution in [0, 0.1) is 10.1 Å². The van der Waals surface area contributed by atoms with Crippen LogP contribution >= 0.6 is 15.9 Å². The van der Waals surface area contributed by atoms with Gasteiger partial charge in [-0.3, -0.25) is 14.9 Å². The highest BCUT2D eigenvalue weighted by molar-refractivity contribution is 9.10. The zero-order valence-corrected chi connectivity index (χ0v) is 14.8. The number of nitro groups is 1. The van der Waals surface area contributed by atoms with E-state index in [1.54, 1.807) is 30.3 Å². The molecule has 0 aliphatic rings. The first-order valence-corrected chi connectivity index (χ1v) is 8.09. The smallest absolute Gasteiger partial charge is 0.331 e. The van der Waals surface area contributed by atoms with E-state index in [-0.39, 0.29) is 17.0 Å². The first-order valence-electron chi connectivity index (χ1n) is 7.30. The lowest BCUT2D eigenvalue weighted by Gasteiger charge is -2.10. The number of nitro benzene ring substituents is 1. The van der Waals surface area contributed by atoms with Crippen molar-refractivity contribution in [2.24, 2.45) is 0 Å². The molecule has 0 bridgehead atoms. The summed E-state index contributed by atoms with van der Waals surface area (Å²) in [6.07, 6.45) is 1.38. The summed E-state index contributed by atoms with van der Waals surface area (Å²) in [7, 11) is 0. The van der Waals surface area contributed by atoms with Gasteiger partial charge in [-0.05, 0) is 31.2 Å². The maximum atomic E-state index is 12.2. The van der Waals surface area contributed by atoms with Crippen LogP contribution in [-0.2, 0) is 9.53 Å². The normalized spacial score (nSPS) is 11.9. The minimum absolute atomic E-state index is 0.120. The number of ether oxygens (including phenoxy) is 1. The zero-order valence-electron chi connectivity index (χ0n) is 13.2. The van der Waals surface area contributed by atoms with Crippen molar-refractivity contribution < 1.29 is 19.2 Å². The Kier molecular flexibility index (Phi) is 6.19. The Labute approximate surface area is 152 Å². The quantitative estimate of drug-likeness (QED) is 0.237. The number of halogens is 1. The molecule has 0 saturated carbocycles. The van der Waals surface area contributed by atoms with Crippen LogP contribution in [0.3, 0.4) is 0 Å². The summed E-state index contributed by atoms with van der Waals surface area (Å²) >= 11 is 3.28. The average molecular weight is 404 g/mol. The average Bonchev–Trinajstić information content (AvgIpc) is 2.60. The van der Waals surface area contributed by atoms with Gasteiger partial charge in [0.1, 0.15) is 0 Å². The number of carbonyl (C=O) groups excluding carboxylic acids is 2. The summed E-state index contributed by atoms with van der Waals surface area (Å²) in [5.74, 6) is -1.09. The Morgan fingerprint density at radius 3 is 2.44 bits per heavy atom. The molecule has 2 aromatic rings. The van der Waals surface area contributed by atoms with Gasteiger partial charge in [0.05, 0.1) is 10.5 Å². The number of esters is 1. The predicted molar refractivity (Wildman–Crippen MR) is 96.2 cm³/mol. The predicted octanol–water partition coefficient (Wildman–Crippen LogP) is 4.19. The third-order valence-electron chi connectivity index (χ3n) is 3.32. The highest BCUT2D eigenvalue weighted by atomic mass is 79.9. The summed E-state index contributed by atoms with van der Waals surface area (Å²) in [5, 5.41) is 10.9. The maximum Gasteiger partial charge on any atom is 0.331 e. The van der Waals surface area contributed by atoms with Gasteiger partial charge in [-0.15, -0.1) is 0 Å². The molecule has 0 aliphatic heterocycles. The molecule has 128 valence electrons. The Balaban J connectivity index is 2.03. The van der Waals surface area contributed by atoms with E-state index in [1.807, 2.05) is 0 Å². The molecule has 6 nitrogen and oxygen atoms in total. The van der Waals surface area contributed by atoms with E-state index in [0.717, 1.165) is 10.5 Å². The number of ketones is 1. The van der Waals surface area contributed by atoms with Crippen LogP contribution in [0.1, 0.15) is 22.8 Å². The molecule has 0 N–H and O–H groups in total. The highest BCUT2D eigenvalue weighted by Gasteiger charge is 2.18. The summed E-state index contributed by atoms with van der Waals surface area (Å²) < 4.78 is 5.90. The van der Waals surface area contributed by atoms with E-state index in [1.165, 1.54) is 31.2 Å². The van der Waals surface area contributed by atoms with E-state index in [9.17, 15) is 19.7 Å². The van der Waals surface area contributed by atoms with Crippen molar-refractivity contribution in [1.29, 1.82) is 0 Å². The molecule has 0 radical (unpaired) electrons. The Bertz CT molecular complexity index is 830. The summed E-state index contributed by atoms with van der Waals surface area (Å²) in [5.41, 5.74) is 0.577. The molecule has 0 amide bonds. The summed E-state index contributed by atoms with van der Waals surface area (Å²) in [4.78, 5) is 34.4.